The van der Waals surface area contributed by atoms with Crippen LogP contribution in [0.25, 0.3) is 0 Å². The molecule has 0 atom stereocenters. The lowest BCUT2D eigenvalue weighted by Crippen LogP contribution is -2.24. The van der Waals surface area contributed by atoms with Gasteiger partial charge in [0.05, 0.1) is 11.8 Å². The van der Waals surface area contributed by atoms with Crippen molar-refractivity contribution in [2.75, 3.05) is 6.61 Å². The number of rotatable bonds is 7. The first-order chi connectivity index (χ1) is 14.5. The fourth-order valence-electron chi connectivity index (χ4n) is 2.50. The summed E-state index contributed by atoms with van der Waals surface area (Å²) in [4.78, 5) is 23.9. The number of ether oxygens (including phenoxy) is 2. The maximum absolute atomic E-state index is 13.2. The first kappa shape index (κ1) is 20.7. The third-order valence-corrected chi connectivity index (χ3v) is 3.89. The monoisotopic (exact) mass is 406 g/mol. The molecule has 152 valence electrons. The Bertz CT molecular complexity index is 1080. The molecule has 1 N–H and O–H groups in total. The number of hydrogen-bond acceptors (Lipinski definition) is 5. The highest BCUT2D eigenvalue weighted by Gasteiger charge is 2.09. The molecule has 0 radical (unpaired) electrons. The Morgan fingerprint density at radius 3 is 2.57 bits per heavy atom. The molecule has 0 aliphatic heterocycles. The van der Waals surface area contributed by atoms with Crippen molar-refractivity contribution in [3.05, 3.63) is 95.3 Å². The first-order valence-corrected chi connectivity index (χ1v) is 9.09. The molecule has 0 unspecified atom stereocenters. The third-order valence-electron chi connectivity index (χ3n) is 3.89. The Kier molecular flexibility index (Phi) is 6.89. The largest absolute Gasteiger partial charge is 0.484 e. The molecule has 0 saturated carbocycles. The smallest absolute Gasteiger partial charge is 0.343 e. The van der Waals surface area contributed by atoms with E-state index in [0.29, 0.717) is 11.3 Å². The molecule has 0 heterocycles. The molecule has 0 aromatic heterocycles. The molecule has 3 rings (SSSR count). The first-order valence-electron chi connectivity index (χ1n) is 9.09. The van der Waals surface area contributed by atoms with Crippen molar-refractivity contribution < 1.29 is 23.5 Å². The Morgan fingerprint density at radius 1 is 1.00 bits per heavy atom. The number of amides is 1. The summed E-state index contributed by atoms with van der Waals surface area (Å²) in [5.41, 5.74) is 4.10. The molecule has 3 aromatic rings. The lowest BCUT2D eigenvalue weighted by Gasteiger charge is -2.06. The maximum Gasteiger partial charge on any atom is 0.343 e. The van der Waals surface area contributed by atoms with Crippen LogP contribution < -0.4 is 14.9 Å². The second-order valence-corrected chi connectivity index (χ2v) is 6.37. The second-order valence-electron chi connectivity index (χ2n) is 6.37. The van der Waals surface area contributed by atoms with E-state index in [9.17, 15) is 14.0 Å². The number of hydrogen-bond donors (Lipinski definition) is 1. The van der Waals surface area contributed by atoms with Gasteiger partial charge in [-0.05, 0) is 60.5 Å². The number of nitrogens with zero attached hydrogens (tertiary/aromatic N) is 1. The number of hydrazone groups is 1. The van der Waals surface area contributed by atoms with Gasteiger partial charge in [-0.25, -0.2) is 14.6 Å². The van der Waals surface area contributed by atoms with E-state index in [1.807, 2.05) is 25.1 Å². The predicted octanol–water partition coefficient (Wildman–Crippen LogP) is 3.88. The number of halogens is 1. The molecule has 0 saturated heterocycles. The average molecular weight is 406 g/mol. The molecular weight excluding hydrogens is 387 g/mol. The van der Waals surface area contributed by atoms with Gasteiger partial charge in [-0.1, -0.05) is 30.3 Å². The van der Waals surface area contributed by atoms with Crippen LogP contribution in [0.5, 0.6) is 11.5 Å². The number of carbonyl (C=O) groups is 2. The Morgan fingerprint density at radius 2 is 1.77 bits per heavy atom. The van der Waals surface area contributed by atoms with Crippen molar-refractivity contribution in [2.45, 2.75) is 6.92 Å². The van der Waals surface area contributed by atoms with Crippen molar-refractivity contribution in [1.29, 1.82) is 0 Å². The summed E-state index contributed by atoms with van der Waals surface area (Å²) in [6.45, 7) is 1.76. The van der Waals surface area contributed by atoms with Crippen LogP contribution in [0, 0.1) is 12.7 Å². The van der Waals surface area contributed by atoms with E-state index in [0.717, 1.165) is 11.6 Å². The molecule has 0 aliphatic rings. The Hall–Kier alpha value is -4.00. The molecule has 30 heavy (non-hydrogen) atoms. The van der Waals surface area contributed by atoms with E-state index in [4.69, 9.17) is 9.47 Å². The number of esters is 1. The molecule has 7 heteroatoms. The van der Waals surface area contributed by atoms with Crippen LogP contribution >= 0.6 is 0 Å². The molecule has 6 nitrogen and oxygen atoms in total. The van der Waals surface area contributed by atoms with Crippen LogP contribution in [-0.2, 0) is 4.79 Å². The summed E-state index contributed by atoms with van der Waals surface area (Å²) in [7, 11) is 0. The van der Waals surface area contributed by atoms with E-state index < -0.39 is 17.7 Å². The normalized spacial score (nSPS) is 10.6. The molecule has 1 amide bonds. The fourth-order valence-corrected chi connectivity index (χ4v) is 2.50. The average Bonchev–Trinajstić information content (AvgIpc) is 2.73. The van der Waals surface area contributed by atoms with Crippen molar-refractivity contribution >= 4 is 18.1 Å². The summed E-state index contributed by atoms with van der Waals surface area (Å²) < 4.78 is 23.9. The van der Waals surface area contributed by atoms with Crippen LogP contribution in [0.1, 0.15) is 21.5 Å². The van der Waals surface area contributed by atoms with Crippen LogP contribution in [0.15, 0.2) is 77.9 Å². The summed E-state index contributed by atoms with van der Waals surface area (Å²) >= 11 is 0. The highest BCUT2D eigenvalue weighted by molar-refractivity contribution is 5.91. The summed E-state index contributed by atoms with van der Waals surface area (Å²) in [6.07, 6.45) is 1.41. The summed E-state index contributed by atoms with van der Waals surface area (Å²) in [6, 6.07) is 19.1. The Labute approximate surface area is 173 Å². The zero-order valence-corrected chi connectivity index (χ0v) is 16.2. The fraction of sp³-hybridized carbons (Fsp3) is 0.0870. The highest BCUT2D eigenvalue weighted by Crippen LogP contribution is 2.15. The van der Waals surface area contributed by atoms with Gasteiger partial charge in [-0.15, -0.1) is 0 Å². The van der Waals surface area contributed by atoms with Gasteiger partial charge in [0.15, 0.2) is 6.61 Å². The van der Waals surface area contributed by atoms with Gasteiger partial charge in [0.2, 0.25) is 0 Å². The van der Waals surface area contributed by atoms with E-state index in [2.05, 4.69) is 10.5 Å². The lowest BCUT2D eigenvalue weighted by atomic mass is 10.2. The Balaban J connectivity index is 1.52. The van der Waals surface area contributed by atoms with E-state index in [1.54, 1.807) is 30.3 Å². The van der Waals surface area contributed by atoms with Gasteiger partial charge in [-0.3, -0.25) is 4.79 Å². The van der Waals surface area contributed by atoms with Gasteiger partial charge >= 0.3 is 5.97 Å². The molecule has 0 aliphatic carbocycles. The summed E-state index contributed by atoms with van der Waals surface area (Å²) in [5.74, 6) is -0.747. The minimum absolute atomic E-state index is 0.106. The van der Waals surface area contributed by atoms with Crippen LogP contribution in [0.3, 0.4) is 0 Å². The maximum atomic E-state index is 13.2. The van der Waals surface area contributed by atoms with Gasteiger partial charge < -0.3 is 9.47 Å². The zero-order valence-electron chi connectivity index (χ0n) is 16.2. The number of carbonyl (C=O) groups excluding carboxylic acids is 2. The lowest BCUT2D eigenvalue weighted by molar-refractivity contribution is -0.123. The number of benzene rings is 3. The highest BCUT2D eigenvalue weighted by atomic mass is 19.1. The van der Waals surface area contributed by atoms with Crippen molar-refractivity contribution in [1.82, 2.24) is 5.43 Å². The minimum Gasteiger partial charge on any atom is -0.484 e. The summed E-state index contributed by atoms with van der Waals surface area (Å²) in [5, 5.41) is 3.87. The SMILES string of the molecule is Cc1cccc(OCC(=O)NN=Cc2cccc(OC(=O)c3cccc(F)c3)c2)c1. The molecular formula is C23H19FN2O4. The van der Waals surface area contributed by atoms with Crippen LogP contribution in [0.4, 0.5) is 4.39 Å². The van der Waals surface area contributed by atoms with Gasteiger partial charge in [-0.2, -0.15) is 5.10 Å². The van der Waals surface area contributed by atoms with Crippen molar-refractivity contribution in [3.8, 4) is 11.5 Å². The third kappa shape index (κ3) is 6.27. The minimum atomic E-state index is -0.676. The zero-order chi connectivity index (χ0) is 21.3. The molecule has 0 bridgehead atoms. The van der Waals surface area contributed by atoms with Crippen LogP contribution in [0.2, 0.25) is 0 Å². The number of nitrogens with one attached hydrogen (secondary N) is 1. The van der Waals surface area contributed by atoms with Gasteiger partial charge in [0.25, 0.3) is 5.91 Å². The van der Waals surface area contributed by atoms with E-state index in [-0.39, 0.29) is 17.9 Å². The molecule has 3 aromatic carbocycles. The molecule has 0 fully saturated rings. The number of aryl methyl sites for hydroxylation is 1. The van der Waals surface area contributed by atoms with E-state index in [1.165, 1.54) is 24.4 Å². The predicted molar refractivity (Wildman–Crippen MR) is 110 cm³/mol. The molecule has 0 spiro atoms. The quantitative estimate of drug-likeness (QED) is 0.280. The van der Waals surface area contributed by atoms with Crippen molar-refractivity contribution in [2.24, 2.45) is 5.10 Å². The van der Waals surface area contributed by atoms with Crippen molar-refractivity contribution in [3.63, 3.8) is 0 Å². The van der Waals surface area contributed by atoms with Gasteiger partial charge in [0.1, 0.15) is 17.3 Å². The second kappa shape index (κ2) is 9.97. The topological polar surface area (TPSA) is 77.0 Å². The van der Waals surface area contributed by atoms with Gasteiger partial charge in [0, 0.05) is 0 Å². The standard InChI is InChI=1S/C23H19FN2O4/c1-16-5-2-9-20(11-16)29-15-22(27)26-25-14-17-6-3-10-21(12-17)30-23(28)18-7-4-8-19(24)13-18/h2-14H,15H2,1H3,(H,26,27). The van der Waals surface area contributed by atoms with Crippen LogP contribution in [-0.4, -0.2) is 24.7 Å². The van der Waals surface area contributed by atoms with E-state index >= 15 is 0 Å².